The number of pyridine rings is 1. The minimum Gasteiger partial charge on any atom is -0.384 e. The highest BCUT2D eigenvalue weighted by Gasteiger charge is 2.36. The van der Waals surface area contributed by atoms with Crippen LogP contribution in [0.15, 0.2) is 48.7 Å². The lowest BCUT2D eigenvalue weighted by molar-refractivity contribution is 0.103. The van der Waals surface area contributed by atoms with E-state index in [0.29, 0.717) is 18.0 Å². The van der Waals surface area contributed by atoms with Crippen molar-refractivity contribution in [3.05, 3.63) is 59.9 Å². The zero-order valence-corrected chi connectivity index (χ0v) is 17.5. The maximum Gasteiger partial charge on any atom is 0.324 e. The van der Waals surface area contributed by atoms with E-state index >= 15 is 0 Å². The average molecular weight is 407 g/mol. The number of likely N-dealkylation sites (tertiary alicyclic amines) is 1. The fourth-order valence-electron chi connectivity index (χ4n) is 4.49. The van der Waals surface area contributed by atoms with Gasteiger partial charge in [-0.1, -0.05) is 25.1 Å². The molecule has 4 rings (SSSR count). The number of nitrogens with one attached hydrogen (secondary N) is 1. The number of nitrogens with two attached hydrogens (primary N) is 1. The summed E-state index contributed by atoms with van der Waals surface area (Å²) in [5, 5.41) is 7.69. The van der Waals surface area contributed by atoms with Gasteiger partial charge in [0.25, 0.3) is 0 Å². The quantitative estimate of drug-likeness (QED) is 0.590. The van der Waals surface area contributed by atoms with E-state index in [1.54, 1.807) is 6.07 Å². The molecule has 2 aromatic rings. The summed E-state index contributed by atoms with van der Waals surface area (Å²) >= 11 is 0. The highest BCUT2D eigenvalue weighted by Crippen LogP contribution is 2.28. The predicted octanol–water partition coefficient (Wildman–Crippen LogP) is 2.91. The Kier molecular flexibility index (Phi) is 5.99. The minimum absolute atomic E-state index is 0.0199. The fraction of sp³-hybridized carbons (Fsp3) is 0.435. The standard InChI is InChI=1S/C23H30N6O/c1-17-14-28(20-8-11-27(12-9-20)16-19-6-2-3-10-26-19)23(30)29(15-17)21-7-4-5-18(13-21)22(24)25/h2-7,10,13,17,20H,8-9,11-12,14-16H2,1H3,(H3,24,25). The molecule has 0 aliphatic carbocycles. The number of aromatic nitrogens is 1. The highest BCUT2D eigenvalue weighted by atomic mass is 16.2. The average Bonchev–Trinajstić information content (AvgIpc) is 2.76. The number of hydrogen-bond acceptors (Lipinski definition) is 4. The maximum absolute atomic E-state index is 13.4. The zero-order valence-electron chi connectivity index (χ0n) is 17.5. The van der Waals surface area contributed by atoms with Crippen molar-refractivity contribution < 1.29 is 4.79 Å². The molecule has 2 saturated heterocycles. The first-order chi connectivity index (χ1) is 14.5. The first kappa shape index (κ1) is 20.3. The normalized spacial score (nSPS) is 21.1. The molecule has 1 aromatic heterocycles. The van der Waals surface area contributed by atoms with Crippen LogP contribution in [0.5, 0.6) is 0 Å². The Labute approximate surface area is 178 Å². The molecular formula is C23H30N6O. The van der Waals surface area contributed by atoms with E-state index in [9.17, 15) is 4.79 Å². The fourth-order valence-corrected chi connectivity index (χ4v) is 4.49. The maximum atomic E-state index is 13.4. The third kappa shape index (κ3) is 4.46. The molecule has 3 heterocycles. The van der Waals surface area contributed by atoms with Gasteiger partial charge in [-0.2, -0.15) is 0 Å². The molecule has 158 valence electrons. The van der Waals surface area contributed by atoms with Crippen molar-refractivity contribution in [2.24, 2.45) is 11.7 Å². The van der Waals surface area contributed by atoms with Crippen molar-refractivity contribution in [2.45, 2.75) is 32.4 Å². The molecule has 7 nitrogen and oxygen atoms in total. The number of carbonyl (C=O) groups is 1. The van der Waals surface area contributed by atoms with Crippen LogP contribution in [0.3, 0.4) is 0 Å². The number of nitrogens with zero attached hydrogens (tertiary/aromatic N) is 4. The van der Waals surface area contributed by atoms with Gasteiger partial charge in [0.1, 0.15) is 5.84 Å². The molecule has 1 aromatic carbocycles. The van der Waals surface area contributed by atoms with Gasteiger partial charge in [-0.15, -0.1) is 0 Å². The number of benzene rings is 1. The summed E-state index contributed by atoms with van der Waals surface area (Å²) in [4.78, 5) is 24.1. The van der Waals surface area contributed by atoms with Gasteiger partial charge in [0.15, 0.2) is 0 Å². The molecule has 2 amide bonds. The summed E-state index contributed by atoms with van der Waals surface area (Å²) in [5.74, 6) is 0.404. The monoisotopic (exact) mass is 406 g/mol. The van der Waals surface area contributed by atoms with E-state index in [1.807, 2.05) is 41.4 Å². The summed E-state index contributed by atoms with van der Waals surface area (Å²) < 4.78 is 0. The number of nitrogen functional groups attached to an aromatic ring is 1. The summed E-state index contributed by atoms with van der Waals surface area (Å²) in [6, 6.07) is 13.8. The molecule has 0 radical (unpaired) electrons. The van der Waals surface area contributed by atoms with Gasteiger partial charge >= 0.3 is 6.03 Å². The smallest absolute Gasteiger partial charge is 0.324 e. The molecule has 0 spiro atoms. The van der Waals surface area contributed by atoms with Crippen LogP contribution in [0.4, 0.5) is 10.5 Å². The lowest BCUT2D eigenvalue weighted by Crippen LogP contribution is -2.58. The van der Waals surface area contributed by atoms with Gasteiger partial charge in [0, 0.05) is 56.2 Å². The van der Waals surface area contributed by atoms with Crippen molar-refractivity contribution in [3.63, 3.8) is 0 Å². The van der Waals surface area contributed by atoms with Crippen molar-refractivity contribution in [1.82, 2.24) is 14.8 Å². The molecule has 2 fully saturated rings. The molecule has 2 aliphatic rings. The van der Waals surface area contributed by atoms with Crippen molar-refractivity contribution in [1.29, 1.82) is 5.41 Å². The number of carbonyl (C=O) groups excluding carboxylic acids is 1. The zero-order chi connectivity index (χ0) is 21.1. The van der Waals surface area contributed by atoms with Gasteiger partial charge in [-0.25, -0.2) is 4.79 Å². The largest absolute Gasteiger partial charge is 0.384 e. The second kappa shape index (κ2) is 8.83. The number of piperidine rings is 1. The Bertz CT molecular complexity index is 894. The van der Waals surface area contributed by atoms with Crippen molar-refractivity contribution >= 4 is 17.6 Å². The highest BCUT2D eigenvalue weighted by molar-refractivity contribution is 5.98. The molecule has 2 aliphatic heterocycles. The molecule has 7 heteroatoms. The molecule has 3 N–H and O–H groups in total. The molecular weight excluding hydrogens is 376 g/mol. The Balaban J connectivity index is 1.42. The molecule has 0 saturated carbocycles. The van der Waals surface area contributed by atoms with E-state index in [2.05, 4.69) is 27.8 Å². The Hall–Kier alpha value is -2.93. The van der Waals surface area contributed by atoms with Crippen LogP contribution in [-0.2, 0) is 6.54 Å². The van der Waals surface area contributed by atoms with Crippen LogP contribution in [0.2, 0.25) is 0 Å². The third-order valence-electron chi connectivity index (χ3n) is 6.06. The van der Waals surface area contributed by atoms with E-state index in [4.69, 9.17) is 11.1 Å². The minimum atomic E-state index is 0.0199. The second-order valence-corrected chi connectivity index (χ2v) is 8.44. The Morgan fingerprint density at radius 3 is 2.67 bits per heavy atom. The van der Waals surface area contributed by atoms with E-state index in [1.165, 1.54) is 0 Å². The number of amides is 2. The first-order valence-corrected chi connectivity index (χ1v) is 10.7. The van der Waals surface area contributed by atoms with Crippen LogP contribution in [0, 0.1) is 11.3 Å². The van der Waals surface area contributed by atoms with Crippen LogP contribution in [0.25, 0.3) is 0 Å². The van der Waals surface area contributed by atoms with Crippen LogP contribution in [-0.4, -0.2) is 58.9 Å². The van der Waals surface area contributed by atoms with Gasteiger partial charge < -0.3 is 10.6 Å². The summed E-state index contributed by atoms with van der Waals surface area (Å²) in [5.41, 5.74) is 8.20. The topological polar surface area (TPSA) is 89.5 Å². The van der Waals surface area contributed by atoms with E-state index < -0.39 is 0 Å². The molecule has 1 atom stereocenters. The summed E-state index contributed by atoms with van der Waals surface area (Å²) in [6.45, 7) is 6.49. The lowest BCUT2D eigenvalue weighted by Gasteiger charge is -2.45. The molecule has 0 bridgehead atoms. The Morgan fingerprint density at radius 2 is 1.97 bits per heavy atom. The van der Waals surface area contributed by atoms with E-state index in [-0.39, 0.29) is 17.9 Å². The van der Waals surface area contributed by atoms with Crippen LogP contribution < -0.4 is 10.6 Å². The predicted molar refractivity (Wildman–Crippen MR) is 119 cm³/mol. The molecule has 30 heavy (non-hydrogen) atoms. The van der Waals surface area contributed by atoms with Gasteiger partial charge in [0.2, 0.25) is 0 Å². The first-order valence-electron chi connectivity index (χ1n) is 10.7. The van der Waals surface area contributed by atoms with Gasteiger partial charge in [0.05, 0.1) is 5.69 Å². The van der Waals surface area contributed by atoms with Gasteiger partial charge in [-0.3, -0.25) is 20.2 Å². The van der Waals surface area contributed by atoms with Crippen LogP contribution >= 0.6 is 0 Å². The van der Waals surface area contributed by atoms with Crippen molar-refractivity contribution in [2.75, 3.05) is 31.1 Å². The SMILES string of the molecule is CC1CN(c2cccc(C(=N)N)c2)C(=O)N(C2CCN(Cc3ccccn3)CC2)C1. The number of anilines is 1. The van der Waals surface area contributed by atoms with Crippen molar-refractivity contribution in [3.8, 4) is 0 Å². The Morgan fingerprint density at radius 1 is 1.17 bits per heavy atom. The summed E-state index contributed by atoms with van der Waals surface area (Å²) in [6.07, 6.45) is 3.80. The lowest BCUT2D eigenvalue weighted by atomic mass is 9.99. The third-order valence-corrected chi connectivity index (χ3v) is 6.06. The number of rotatable bonds is 5. The van der Waals surface area contributed by atoms with E-state index in [0.717, 1.165) is 50.4 Å². The molecule has 1 unspecified atom stereocenters. The number of urea groups is 1. The van der Waals surface area contributed by atoms with Gasteiger partial charge in [-0.05, 0) is 43.0 Å². The van der Waals surface area contributed by atoms with Crippen LogP contribution in [0.1, 0.15) is 31.0 Å². The number of hydrogen-bond donors (Lipinski definition) is 2. The second-order valence-electron chi connectivity index (χ2n) is 8.44. The summed E-state index contributed by atoms with van der Waals surface area (Å²) in [7, 11) is 0. The number of amidine groups is 1.